The van der Waals surface area contributed by atoms with E-state index >= 15 is 0 Å². The summed E-state index contributed by atoms with van der Waals surface area (Å²) >= 11 is 1.63. The molecule has 0 bridgehead atoms. The highest BCUT2D eigenvalue weighted by Gasteiger charge is 2.15. The third kappa shape index (κ3) is 4.20. The topological polar surface area (TPSA) is 81.2 Å². The van der Waals surface area contributed by atoms with Crippen LogP contribution in [0, 0.1) is 6.92 Å². The van der Waals surface area contributed by atoms with Crippen LogP contribution in [0.25, 0.3) is 22.6 Å². The van der Waals surface area contributed by atoms with Crippen LogP contribution in [0.1, 0.15) is 12.0 Å². The molecule has 2 aromatic heterocycles. The first-order valence-electron chi connectivity index (χ1n) is 8.49. The van der Waals surface area contributed by atoms with Crippen LogP contribution in [-0.2, 0) is 4.79 Å². The number of nitrogens with zero attached hydrogens (tertiary/aromatic N) is 2. The molecule has 0 atom stereocenters. The molecule has 4 aromatic rings. The number of hydrogen-bond donors (Lipinski definition) is 1. The second kappa shape index (κ2) is 7.67. The van der Waals surface area contributed by atoms with Crippen molar-refractivity contribution in [1.29, 1.82) is 0 Å². The Morgan fingerprint density at radius 1 is 1.07 bits per heavy atom. The number of nitrogens with one attached hydrogen (secondary N) is 1. The maximum atomic E-state index is 12.1. The number of carbonyl (C=O) groups is 1. The molecule has 0 radical (unpaired) electrons. The summed E-state index contributed by atoms with van der Waals surface area (Å²) in [5, 5.41) is 11.4. The molecule has 2 heterocycles. The standard InChI is InChI=1S/C20H17N3O3S/c1-13-6-8-15(9-7-13)27-11-10-18(24)21-20-23-22-19(26-20)17-12-14-4-2-3-5-16(14)25-17/h2-9,12H,10-11H2,1H3,(H,21,23,24). The lowest BCUT2D eigenvalue weighted by atomic mass is 10.2. The molecule has 1 amide bonds. The molecule has 0 saturated heterocycles. The summed E-state index contributed by atoms with van der Waals surface area (Å²) < 4.78 is 11.2. The molecule has 0 aliphatic heterocycles. The van der Waals surface area contributed by atoms with Gasteiger partial charge < -0.3 is 8.83 Å². The Morgan fingerprint density at radius 2 is 1.89 bits per heavy atom. The van der Waals surface area contributed by atoms with Crippen molar-refractivity contribution in [1.82, 2.24) is 10.2 Å². The van der Waals surface area contributed by atoms with Crippen molar-refractivity contribution < 1.29 is 13.6 Å². The van der Waals surface area contributed by atoms with Gasteiger partial charge in [-0.2, -0.15) is 0 Å². The van der Waals surface area contributed by atoms with E-state index in [1.807, 2.05) is 37.3 Å². The van der Waals surface area contributed by atoms with Crippen LogP contribution in [0.15, 0.2) is 68.3 Å². The van der Waals surface area contributed by atoms with E-state index in [2.05, 4.69) is 39.8 Å². The zero-order valence-corrected chi connectivity index (χ0v) is 15.5. The van der Waals surface area contributed by atoms with Gasteiger partial charge in [0.25, 0.3) is 5.89 Å². The fourth-order valence-corrected chi connectivity index (χ4v) is 3.39. The molecule has 0 spiro atoms. The van der Waals surface area contributed by atoms with Gasteiger partial charge in [0.1, 0.15) is 5.58 Å². The highest BCUT2D eigenvalue weighted by molar-refractivity contribution is 7.99. The normalized spacial score (nSPS) is 11.0. The Morgan fingerprint density at radius 3 is 2.70 bits per heavy atom. The zero-order valence-electron chi connectivity index (χ0n) is 14.6. The van der Waals surface area contributed by atoms with Gasteiger partial charge in [0.05, 0.1) is 0 Å². The van der Waals surface area contributed by atoms with E-state index in [9.17, 15) is 4.79 Å². The fraction of sp³-hybridized carbons (Fsp3) is 0.150. The van der Waals surface area contributed by atoms with Crippen molar-refractivity contribution in [3.05, 3.63) is 60.2 Å². The first-order chi connectivity index (χ1) is 13.2. The third-order valence-corrected chi connectivity index (χ3v) is 4.94. The molecular formula is C20H17N3O3S. The quantitative estimate of drug-likeness (QED) is 0.479. The second-order valence-corrected chi connectivity index (χ2v) is 7.19. The van der Waals surface area contributed by atoms with E-state index in [4.69, 9.17) is 8.83 Å². The number of fused-ring (bicyclic) bond motifs is 1. The third-order valence-electron chi connectivity index (χ3n) is 3.93. The van der Waals surface area contributed by atoms with Gasteiger partial charge in [-0.25, -0.2) is 0 Å². The average molecular weight is 379 g/mol. The predicted molar refractivity (Wildman–Crippen MR) is 105 cm³/mol. The highest BCUT2D eigenvalue weighted by Crippen LogP contribution is 2.27. The minimum Gasteiger partial charge on any atom is -0.451 e. The number of carbonyl (C=O) groups excluding carboxylic acids is 1. The van der Waals surface area contributed by atoms with E-state index in [-0.39, 0.29) is 17.8 Å². The number of para-hydroxylation sites is 1. The van der Waals surface area contributed by atoms with Crippen molar-refractivity contribution in [2.75, 3.05) is 11.1 Å². The molecule has 0 aliphatic carbocycles. The van der Waals surface area contributed by atoms with Crippen molar-refractivity contribution in [3.63, 3.8) is 0 Å². The number of thioether (sulfide) groups is 1. The van der Waals surface area contributed by atoms with E-state index in [1.165, 1.54) is 5.56 Å². The summed E-state index contributed by atoms with van der Waals surface area (Å²) in [4.78, 5) is 13.2. The lowest BCUT2D eigenvalue weighted by Gasteiger charge is -2.02. The molecular weight excluding hydrogens is 362 g/mol. The van der Waals surface area contributed by atoms with Crippen LogP contribution in [-0.4, -0.2) is 21.9 Å². The molecule has 6 nitrogen and oxygen atoms in total. The van der Waals surface area contributed by atoms with Gasteiger partial charge in [-0.15, -0.1) is 16.9 Å². The molecule has 4 rings (SSSR count). The molecule has 0 fully saturated rings. The van der Waals surface area contributed by atoms with Crippen LogP contribution in [0.4, 0.5) is 6.01 Å². The van der Waals surface area contributed by atoms with Gasteiger partial charge >= 0.3 is 6.01 Å². The molecule has 7 heteroatoms. The van der Waals surface area contributed by atoms with Crippen LogP contribution < -0.4 is 5.32 Å². The Hall–Kier alpha value is -3.06. The van der Waals surface area contributed by atoms with Crippen LogP contribution in [0.3, 0.4) is 0 Å². The molecule has 27 heavy (non-hydrogen) atoms. The molecule has 0 unspecified atom stereocenters. The number of anilines is 1. The summed E-state index contributed by atoms with van der Waals surface area (Å²) in [5.41, 5.74) is 1.96. The molecule has 0 aliphatic rings. The number of aromatic nitrogens is 2. The number of benzene rings is 2. The van der Waals surface area contributed by atoms with E-state index in [0.717, 1.165) is 15.9 Å². The van der Waals surface area contributed by atoms with E-state index < -0.39 is 0 Å². The summed E-state index contributed by atoms with van der Waals surface area (Å²) in [6, 6.07) is 17.7. The number of hydrogen-bond acceptors (Lipinski definition) is 6. The van der Waals surface area contributed by atoms with Crippen LogP contribution >= 0.6 is 11.8 Å². The second-order valence-electron chi connectivity index (χ2n) is 6.02. The Bertz CT molecular complexity index is 1040. The summed E-state index contributed by atoms with van der Waals surface area (Å²) in [6.45, 7) is 2.05. The maximum absolute atomic E-state index is 12.1. The van der Waals surface area contributed by atoms with Gasteiger partial charge in [0.15, 0.2) is 5.76 Å². The Labute approximate surface area is 160 Å². The Balaban J connectivity index is 1.33. The van der Waals surface area contributed by atoms with Gasteiger partial charge in [0, 0.05) is 22.5 Å². The minimum atomic E-state index is -0.172. The fourth-order valence-electron chi connectivity index (χ4n) is 2.54. The number of furan rings is 1. The zero-order chi connectivity index (χ0) is 18.6. The first-order valence-corrected chi connectivity index (χ1v) is 9.48. The molecule has 0 saturated carbocycles. The summed E-state index contributed by atoms with van der Waals surface area (Å²) in [6.07, 6.45) is 0.348. The van der Waals surface area contributed by atoms with Crippen LogP contribution in [0.5, 0.6) is 0 Å². The largest absolute Gasteiger partial charge is 0.451 e. The highest BCUT2D eigenvalue weighted by atomic mass is 32.2. The van der Waals surface area contributed by atoms with E-state index in [1.54, 1.807) is 11.8 Å². The average Bonchev–Trinajstić information content (AvgIpc) is 3.30. The number of aryl methyl sites for hydroxylation is 1. The summed E-state index contributed by atoms with van der Waals surface area (Å²) in [7, 11) is 0. The van der Waals surface area contributed by atoms with E-state index in [0.29, 0.717) is 17.9 Å². The van der Waals surface area contributed by atoms with Gasteiger partial charge in [-0.3, -0.25) is 10.1 Å². The monoisotopic (exact) mass is 379 g/mol. The molecule has 2 aromatic carbocycles. The summed E-state index contributed by atoms with van der Waals surface area (Å²) in [5.74, 6) is 1.20. The predicted octanol–water partition coefficient (Wildman–Crippen LogP) is 4.91. The SMILES string of the molecule is Cc1ccc(SCCC(=O)Nc2nnc(-c3cc4ccccc4o3)o2)cc1. The number of amides is 1. The Kier molecular flexibility index (Phi) is 4.93. The van der Waals surface area contributed by atoms with Gasteiger partial charge in [0.2, 0.25) is 5.91 Å². The van der Waals surface area contributed by atoms with Gasteiger partial charge in [-0.05, 0) is 31.2 Å². The molecule has 1 N–H and O–H groups in total. The smallest absolute Gasteiger partial charge is 0.322 e. The van der Waals surface area contributed by atoms with Crippen molar-refractivity contribution in [3.8, 4) is 11.7 Å². The van der Waals surface area contributed by atoms with Crippen molar-refractivity contribution >= 4 is 34.7 Å². The lowest BCUT2D eigenvalue weighted by Crippen LogP contribution is -2.12. The number of rotatable bonds is 6. The van der Waals surface area contributed by atoms with Crippen molar-refractivity contribution in [2.45, 2.75) is 18.2 Å². The lowest BCUT2D eigenvalue weighted by molar-refractivity contribution is -0.115. The maximum Gasteiger partial charge on any atom is 0.322 e. The van der Waals surface area contributed by atoms with Crippen LogP contribution in [0.2, 0.25) is 0 Å². The molecule has 136 valence electrons. The van der Waals surface area contributed by atoms with Gasteiger partial charge in [-0.1, -0.05) is 41.0 Å². The van der Waals surface area contributed by atoms with Crippen molar-refractivity contribution in [2.24, 2.45) is 0 Å². The minimum absolute atomic E-state index is 0.0655. The first kappa shape index (κ1) is 17.4.